The molecule has 0 aliphatic rings. The molecule has 0 bridgehead atoms. The molecule has 0 rings (SSSR count). The molecule has 0 nitrogen and oxygen atoms in total. The first kappa shape index (κ1) is 67.2. The number of rotatable bonds is 0. The van der Waals surface area contributed by atoms with Crippen molar-refractivity contribution in [3.8, 4) is 0 Å². The van der Waals surface area contributed by atoms with Gasteiger partial charge in [-0.15, -0.1) is 49.6 Å². The molecule has 0 fully saturated rings. The summed E-state index contributed by atoms with van der Waals surface area (Å²) in [6.07, 6.45) is 0. The Morgan fingerprint density at radius 1 is 0.500 bits per heavy atom. The van der Waals surface area contributed by atoms with Gasteiger partial charge in [-0.05, 0) is 0 Å². The summed E-state index contributed by atoms with van der Waals surface area (Å²) in [6, 6.07) is 0. The fraction of sp³-hybridized carbons (Fsp3) is 0. The molecule has 0 atom stereocenters. The number of hydrogen-bond donors (Lipinski definition) is 0. The molecule has 0 saturated carbocycles. The fourth-order valence-electron chi connectivity index (χ4n) is 0. The smallest absolute Gasteiger partial charge is 0 e. The van der Waals surface area contributed by atoms with Crippen LogP contribution in [0.25, 0.3) is 0 Å². The zero-order valence-electron chi connectivity index (χ0n) is 1.95. The first-order valence-corrected chi connectivity index (χ1v) is 0. The van der Waals surface area contributed by atoms with Crippen molar-refractivity contribution in [2.75, 3.05) is 0 Å². The van der Waals surface area contributed by atoms with Gasteiger partial charge in [0.15, 0.2) is 0 Å². The zero-order valence-corrected chi connectivity index (χ0v) is 7.49. The number of halogens is 4. The van der Waals surface area contributed by atoms with E-state index < -0.39 is 0 Å². The maximum Gasteiger partial charge on any atom is 0 e. The number of hydrogen-bond acceptors (Lipinski definition) is 0. The first-order chi connectivity index (χ1) is 0. The molecule has 0 aliphatic heterocycles. The minimum atomic E-state index is 0. The van der Waals surface area contributed by atoms with Gasteiger partial charge in [0.05, 0.1) is 0 Å². The minimum Gasteiger partial charge on any atom is 0 e. The Hall–Kier alpha value is 2.85. The molecular weight excluding hydrogens is 360 g/mol. The zero-order chi connectivity index (χ0) is 0. The van der Waals surface area contributed by atoms with Crippen LogP contribution in [0.3, 0.4) is 0 Å². The van der Waals surface area contributed by atoms with Crippen LogP contribution in [0.15, 0.2) is 0 Å². The Morgan fingerprint density at radius 2 is 0.500 bits per heavy atom. The van der Waals surface area contributed by atoms with Gasteiger partial charge < -0.3 is 0 Å². The fourth-order valence-corrected chi connectivity index (χ4v) is 0. The second-order valence-electron chi connectivity index (χ2n) is 0. The molecule has 0 N–H and O–H groups in total. The van der Waals surface area contributed by atoms with E-state index in [1.54, 1.807) is 0 Å². The van der Waals surface area contributed by atoms with Crippen LogP contribution < -0.4 is 0 Å². The Balaban J connectivity index is 0. The second kappa shape index (κ2) is 45.4. The third-order valence-electron chi connectivity index (χ3n) is 0. The van der Waals surface area contributed by atoms with E-state index in [0.717, 1.165) is 0 Å². The van der Waals surface area contributed by atoms with E-state index in [-0.39, 0.29) is 100 Å². The van der Waals surface area contributed by atoms with Crippen molar-refractivity contribution in [3.05, 3.63) is 0 Å². The van der Waals surface area contributed by atoms with E-state index in [1.165, 1.54) is 0 Å². The maximum absolute atomic E-state index is 0. The largest absolute Gasteiger partial charge is 0 e. The van der Waals surface area contributed by atoms with Crippen molar-refractivity contribution in [1.82, 2.24) is 0 Å². The van der Waals surface area contributed by atoms with Gasteiger partial charge in [0.2, 0.25) is 0 Å². The normalized spacial score (nSPS) is 0. The van der Waals surface area contributed by atoms with Crippen LogP contribution in [0.2, 0.25) is 0 Å². The van der Waals surface area contributed by atoms with Crippen LogP contribution in [-0.2, 0) is 21.1 Å². The quantitative estimate of drug-likeness (QED) is 0.563. The monoisotopic (exact) mass is 363 g/mol. The summed E-state index contributed by atoms with van der Waals surface area (Å²) in [6.45, 7) is 0. The summed E-state index contributed by atoms with van der Waals surface area (Å²) in [5.41, 5.74) is 0. The molecule has 6 heteroatoms. The van der Waals surface area contributed by atoms with Crippen LogP contribution in [0.5, 0.6) is 0 Å². The van der Waals surface area contributed by atoms with Crippen LogP contribution in [-0.4, -0.2) is 29.6 Å². The van der Waals surface area contributed by atoms with Crippen LogP contribution in [0, 0.1) is 0 Å². The van der Waals surface area contributed by atoms with E-state index in [2.05, 4.69) is 0 Å². The molecule has 0 spiro atoms. The molecule has 0 radical (unpaired) electrons. The van der Waals surface area contributed by atoms with Crippen molar-refractivity contribution in [2.24, 2.45) is 0 Å². The van der Waals surface area contributed by atoms with Crippen LogP contribution in [0.1, 0.15) is 0 Å². The Bertz CT molecular complexity index is 7.51. The maximum atomic E-state index is 0. The SMILES string of the molecule is Cl.Cl.Cl.Cl.[NaH].[Pt]. The topological polar surface area (TPSA) is 0 Å². The van der Waals surface area contributed by atoms with Gasteiger partial charge in [-0.2, -0.15) is 0 Å². The van der Waals surface area contributed by atoms with E-state index in [9.17, 15) is 0 Å². The molecule has 0 amide bonds. The predicted molar refractivity (Wildman–Crippen MR) is 36.1 cm³/mol. The van der Waals surface area contributed by atoms with Gasteiger partial charge in [0, 0.05) is 21.1 Å². The molecule has 0 aromatic rings. The summed E-state index contributed by atoms with van der Waals surface area (Å²) in [7, 11) is 0. The van der Waals surface area contributed by atoms with E-state index in [1.807, 2.05) is 0 Å². The summed E-state index contributed by atoms with van der Waals surface area (Å²) >= 11 is 0. The van der Waals surface area contributed by atoms with E-state index in [4.69, 9.17) is 0 Å². The molecule has 0 unspecified atom stereocenters. The molecule has 6 heavy (non-hydrogen) atoms. The molecule has 44 valence electrons. The van der Waals surface area contributed by atoms with Crippen LogP contribution >= 0.6 is 49.6 Å². The average Bonchev–Trinajstić information content (AvgIpc) is 0. The molecular formula is H5Cl4NaPt. The van der Waals surface area contributed by atoms with Crippen molar-refractivity contribution in [3.63, 3.8) is 0 Å². The predicted octanol–water partition coefficient (Wildman–Crippen LogP) is 1.04. The molecule has 0 heterocycles. The third kappa shape index (κ3) is 28.9. The van der Waals surface area contributed by atoms with Crippen LogP contribution in [0.4, 0.5) is 0 Å². The van der Waals surface area contributed by atoms with Crippen molar-refractivity contribution in [2.45, 2.75) is 0 Å². The summed E-state index contributed by atoms with van der Waals surface area (Å²) < 4.78 is 0. The van der Waals surface area contributed by atoms with Gasteiger partial charge >= 0.3 is 29.6 Å². The van der Waals surface area contributed by atoms with E-state index in [0.29, 0.717) is 0 Å². The second-order valence-corrected chi connectivity index (χ2v) is 0. The standard InChI is InChI=1S/4ClH.Na.Pt.H/h4*1H;;;. The minimum absolute atomic E-state index is 0. The third-order valence-corrected chi connectivity index (χ3v) is 0. The molecule has 0 aliphatic carbocycles. The van der Waals surface area contributed by atoms with E-state index >= 15 is 0 Å². The van der Waals surface area contributed by atoms with Gasteiger partial charge in [0.25, 0.3) is 0 Å². The summed E-state index contributed by atoms with van der Waals surface area (Å²) in [5.74, 6) is 0. The first-order valence-electron chi connectivity index (χ1n) is 0. The molecule has 0 aromatic carbocycles. The van der Waals surface area contributed by atoms with Crippen molar-refractivity contribution in [1.29, 1.82) is 0 Å². The van der Waals surface area contributed by atoms with Crippen molar-refractivity contribution >= 4 is 79.2 Å². The van der Waals surface area contributed by atoms with Crippen molar-refractivity contribution < 1.29 is 21.1 Å². The van der Waals surface area contributed by atoms with Gasteiger partial charge in [0.1, 0.15) is 0 Å². The van der Waals surface area contributed by atoms with Gasteiger partial charge in [-0.3, -0.25) is 0 Å². The molecule has 0 aromatic heterocycles. The Labute approximate surface area is 98.8 Å². The summed E-state index contributed by atoms with van der Waals surface area (Å²) in [4.78, 5) is 0. The molecule has 0 saturated heterocycles. The average molecular weight is 365 g/mol. The van der Waals surface area contributed by atoms with Gasteiger partial charge in [-0.1, -0.05) is 0 Å². The Kier molecular flexibility index (Phi) is 508. The Morgan fingerprint density at radius 3 is 0.500 bits per heavy atom. The van der Waals surface area contributed by atoms with Gasteiger partial charge in [-0.25, -0.2) is 0 Å². The summed E-state index contributed by atoms with van der Waals surface area (Å²) in [5, 5.41) is 0.